The Balaban J connectivity index is 0. The zero-order valence-electron chi connectivity index (χ0n) is 6.99. The second kappa shape index (κ2) is 10.9. The molecule has 0 saturated heterocycles. The Morgan fingerprint density at radius 1 is 1.45 bits per heavy atom. The van der Waals surface area contributed by atoms with Crippen LogP contribution >= 0.6 is 37.2 Å². The molecule has 0 unspecified atom stereocenters. The topological polar surface area (TPSA) is 17.1 Å². The van der Waals surface area contributed by atoms with Gasteiger partial charge < -0.3 is 0 Å². The van der Waals surface area contributed by atoms with E-state index in [1.54, 1.807) is 6.92 Å². The summed E-state index contributed by atoms with van der Waals surface area (Å²) in [4.78, 5) is 10.8. The van der Waals surface area contributed by atoms with E-state index < -0.39 is 0 Å². The number of hydrogen-bond donors (Lipinski definition) is 0. The van der Waals surface area contributed by atoms with Gasteiger partial charge in [-0.2, -0.15) is 0 Å². The number of halogens is 2. The highest BCUT2D eigenvalue weighted by Crippen LogP contribution is 2.00. The van der Waals surface area contributed by atoms with Gasteiger partial charge in [0.15, 0.2) is 5.78 Å². The van der Waals surface area contributed by atoms with Crippen molar-refractivity contribution in [2.45, 2.75) is 33.1 Å². The molecule has 0 spiro atoms. The SMILES string of the molecule is C=C(C)C(=O)CCCC.II. The van der Waals surface area contributed by atoms with E-state index >= 15 is 0 Å². The summed E-state index contributed by atoms with van der Waals surface area (Å²) >= 11 is 4.24. The Bertz CT molecular complexity index is 121. The average molecular weight is 380 g/mol. The molecular formula is C8H14I2O. The average Bonchev–Trinajstić information content (AvgIpc) is 2.03. The molecule has 11 heavy (non-hydrogen) atoms. The number of unbranched alkanes of at least 4 members (excludes halogenated alkanes) is 1. The number of allylic oxidation sites excluding steroid dienone is 1. The van der Waals surface area contributed by atoms with Crippen molar-refractivity contribution in [2.75, 3.05) is 0 Å². The Labute approximate surface area is 92.3 Å². The summed E-state index contributed by atoms with van der Waals surface area (Å²) in [6.45, 7) is 7.40. The first kappa shape index (κ1) is 14.4. The number of carbonyl (C=O) groups excluding carboxylic acids is 1. The van der Waals surface area contributed by atoms with Crippen molar-refractivity contribution in [3.63, 3.8) is 0 Å². The van der Waals surface area contributed by atoms with Gasteiger partial charge in [-0.15, -0.1) is 0 Å². The van der Waals surface area contributed by atoms with Gasteiger partial charge in [-0.05, 0) is 18.9 Å². The van der Waals surface area contributed by atoms with E-state index in [0.717, 1.165) is 12.8 Å². The summed E-state index contributed by atoms with van der Waals surface area (Å²) in [5.74, 6) is 0.205. The first-order chi connectivity index (χ1) is 5.18. The molecule has 0 amide bonds. The lowest BCUT2D eigenvalue weighted by Crippen LogP contribution is -1.96. The fraction of sp³-hybridized carbons (Fsp3) is 0.625. The van der Waals surface area contributed by atoms with Crippen molar-refractivity contribution in [1.82, 2.24) is 0 Å². The molecule has 0 bridgehead atoms. The molecule has 0 aliphatic carbocycles. The molecule has 1 nitrogen and oxygen atoms in total. The minimum Gasteiger partial charge on any atom is -0.295 e. The van der Waals surface area contributed by atoms with Gasteiger partial charge in [0.2, 0.25) is 0 Å². The zero-order chi connectivity index (χ0) is 9.28. The molecule has 0 radical (unpaired) electrons. The fourth-order valence-corrected chi connectivity index (χ4v) is 0.551. The van der Waals surface area contributed by atoms with Crippen molar-refractivity contribution in [2.24, 2.45) is 0 Å². The highest BCUT2D eigenvalue weighted by molar-refractivity contribution is 15.0. The highest BCUT2D eigenvalue weighted by Gasteiger charge is 1.98. The first-order valence-electron chi connectivity index (χ1n) is 3.51. The predicted octanol–water partition coefficient (Wildman–Crippen LogP) is 4.09. The van der Waals surface area contributed by atoms with Crippen LogP contribution in [0, 0.1) is 0 Å². The Morgan fingerprint density at radius 2 is 1.91 bits per heavy atom. The van der Waals surface area contributed by atoms with Crippen LogP contribution in [0.4, 0.5) is 0 Å². The summed E-state index contributed by atoms with van der Waals surface area (Å²) in [6, 6.07) is 0. The Morgan fingerprint density at radius 3 is 2.18 bits per heavy atom. The summed E-state index contributed by atoms with van der Waals surface area (Å²) in [7, 11) is 0. The number of ketones is 1. The van der Waals surface area contributed by atoms with E-state index in [1.807, 2.05) is 0 Å². The van der Waals surface area contributed by atoms with Crippen LogP contribution in [0.25, 0.3) is 0 Å². The molecule has 0 rings (SSSR count). The number of hydrogen-bond acceptors (Lipinski definition) is 1. The minimum atomic E-state index is 0.205. The third-order valence-electron chi connectivity index (χ3n) is 1.23. The number of Topliss-reactive ketones (excluding diaryl/α,β-unsaturated/α-hetero) is 1. The summed E-state index contributed by atoms with van der Waals surface area (Å²) < 4.78 is 0. The van der Waals surface area contributed by atoms with E-state index in [2.05, 4.69) is 50.7 Å². The van der Waals surface area contributed by atoms with Gasteiger partial charge in [-0.25, -0.2) is 0 Å². The maximum Gasteiger partial charge on any atom is 0.157 e. The lowest BCUT2D eigenvalue weighted by atomic mass is 10.1. The third-order valence-corrected chi connectivity index (χ3v) is 1.23. The molecule has 0 aromatic rings. The smallest absolute Gasteiger partial charge is 0.157 e. The van der Waals surface area contributed by atoms with E-state index in [4.69, 9.17) is 0 Å². The quantitative estimate of drug-likeness (QED) is 0.531. The van der Waals surface area contributed by atoms with Crippen molar-refractivity contribution < 1.29 is 4.79 Å². The van der Waals surface area contributed by atoms with Crippen LogP contribution in [0.2, 0.25) is 0 Å². The lowest BCUT2D eigenvalue weighted by molar-refractivity contribution is -0.115. The summed E-state index contributed by atoms with van der Waals surface area (Å²) in [5, 5.41) is 0. The van der Waals surface area contributed by atoms with Gasteiger partial charge >= 0.3 is 0 Å². The second-order valence-electron chi connectivity index (χ2n) is 2.31. The number of rotatable bonds is 4. The maximum atomic E-state index is 10.8. The van der Waals surface area contributed by atoms with Gasteiger partial charge in [-0.1, -0.05) is 19.9 Å². The van der Waals surface area contributed by atoms with Crippen molar-refractivity contribution in [3.05, 3.63) is 12.2 Å². The van der Waals surface area contributed by atoms with Crippen molar-refractivity contribution in [3.8, 4) is 0 Å². The Hall–Kier alpha value is 0.870. The van der Waals surface area contributed by atoms with Gasteiger partial charge in [0, 0.05) is 43.7 Å². The minimum absolute atomic E-state index is 0.205. The molecule has 0 saturated carbocycles. The molecule has 0 heterocycles. The normalized spacial score (nSPS) is 8.00. The summed E-state index contributed by atoms with van der Waals surface area (Å²) in [5.41, 5.74) is 0.684. The Kier molecular flexibility index (Phi) is 14.2. The van der Waals surface area contributed by atoms with Gasteiger partial charge in [0.1, 0.15) is 0 Å². The van der Waals surface area contributed by atoms with Crippen LogP contribution < -0.4 is 0 Å². The first-order valence-corrected chi connectivity index (χ1v) is 9.80. The van der Waals surface area contributed by atoms with E-state index in [9.17, 15) is 4.79 Å². The van der Waals surface area contributed by atoms with Crippen LogP contribution in [-0.2, 0) is 4.79 Å². The molecule has 0 aliphatic heterocycles. The van der Waals surface area contributed by atoms with Gasteiger partial charge in [0.05, 0.1) is 0 Å². The molecule has 0 aliphatic rings. The standard InChI is InChI=1S/C8H14O.I2/c1-4-5-6-8(9)7(2)3;1-2/h2,4-6H2,1,3H3;. The van der Waals surface area contributed by atoms with Gasteiger partial charge in [-0.3, -0.25) is 4.79 Å². The summed E-state index contributed by atoms with van der Waals surface area (Å²) in [6.07, 6.45) is 2.75. The molecule has 66 valence electrons. The van der Waals surface area contributed by atoms with E-state index in [0.29, 0.717) is 12.0 Å². The largest absolute Gasteiger partial charge is 0.295 e. The van der Waals surface area contributed by atoms with Crippen LogP contribution in [0.5, 0.6) is 0 Å². The zero-order valence-corrected chi connectivity index (χ0v) is 11.3. The molecule has 0 aromatic carbocycles. The van der Waals surface area contributed by atoms with Crippen molar-refractivity contribution >= 4 is 43.0 Å². The molecule has 0 N–H and O–H groups in total. The van der Waals surface area contributed by atoms with Crippen LogP contribution in [-0.4, -0.2) is 5.78 Å². The number of carbonyl (C=O) groups is 1. The van der Waals surface area contributed by atoms with Crippen molar-refractivity contribution in [1.29, 1.82) is 0 Å². The van der Waals surface area contributed by atoms with Crippen LogP contribution in [0.3, 0.4) is 0 Å². The second-order valence-corrected chi connectivity index (χ2v) is 2.31. The molecule has 0 atom stereocenters. The van der Waals surface area contributed by atoms with Crippen LogP contribution in [0.1, 0.15) is 33.1 Å². The monoisotopic (exact) mass is 380 g/mol. The van der Waals surface area contributed by atoms with E-state index in [1.165, 1.54) is 0 Å². The maximum absolute atomic E-state index is 10.8. The molecule has 3 heteroatoms. The van der Waals surface area contributed by atoms with E-state index in [-0.39, 0.29) is 5.78 Å². The fourth-order valence-electron chi connectivity index (χ4n) is 0.551. The third kappa shape index (κ3) is 10.9. The van der Waals surface area contributed by atoms with Crippen LogP contribution in [0.15, 0.2) is 12.2 Å². The molecule has 0 fully saturated rings. The lowest BCUT2D eigenvalue weighted by Gasteiger charge is -1.94. The predicted molar refractivity (Wildman–Crippen MR) is 67.4 cm³/mol. The molecule has 0 aromatic heterocycles. The van der Waals surface area contributed by atoms with Gasteiger partial charge in [0.25, 0.3) is 0 Å². The molecular weight excluding hydrogens is 366 g/mol. The highest BCUT2D eigenvalue weighted by atomic mass is 128.